The van der Waals surface area contributed by atoms with Crippen molar-refractivity contribution in [3.8, 4) is 11.3 Å². The fourth-order valence-corrected chi connectivity index (χ4v) is 4.19. The number of halogens is 2. The molecule has 0 radical (unpaired) electrons. The normalized spacial score (nSPS) is 11.0. The highest BCUT2D eigenvalue weighted by molar-refractivity contribution is 7.14. The van der Waals surface area contributed by atoms with E-state index in [2.05, 4.69) is 15.4 Å². The third kappa shape index (κ3) is 4.03. The summed E-state index contributed by atoms with van der Waals surface area (Å²) in [6.07, 6.45) is 0. The number of hydrogen-bond donors (Lipinski definition) is 1. The Bertz CT molecular complexity index is 1300. The SMILES string of the molecule is Cc1nn(CC(=O)Nc2nc(-c3ccc(Cl)cc3Cl)cs2)c(=O)c2ccccc12. The number of aromatic nitrogens is 3. The lowest BCUT2D eigenvalue weighted by molar-refractivity contribution is -0.117. The molecule has 29 heavy (non-hydrogen) atoms. The molecule has 0 aliphatic carbocycles. The molecule has 1 amide bonds. The Morgan fingerprint density at radius 3 is 2.69 bits per heavy atom. The summed E-state index contributed by atoms with van der Waals surface area (Å²) >= 11 is 13.4. The largest absolute Gasteiger partial charge is 0.300 e. The van der Waals surface area contributed by atoms with E-state index in [1.54, 1.807) is 42.6 Å². The van der Waals surface area contributed by atoms with Crippen LogP contribution in [0.5, 0.6) is 0 Å². The van der Waals surface area contributed by atoms with E-state index in [0.717, 1.165) is 15.6 Å². The molecule has 0 bridgehead atoms. The summed E-state index contributed by atoms with van der Waals surface area (Å²) in [7, 11) is 0. The van der Waals surface area contributed by atoms with Gasteiger partial charge in [-0.15, -0.1) is 11.3 Å². The van der Waals surface area contributed by atoms with Gasteiger partial charge in [-0.05, 0) is 31.2 Å². The van der Waals surface area contributed by atoms with Gasteiger partial charge in [0.25, 0.3) is 5.56 Å². The van der Waals surface area contributed by atoms with Gasteiger partial charge in [-0.3, -0.25) is 9.59 Å². The molecule has 2 aromatic heterocycles. The first-order chi connectivity index (χ1) is 13.9. The number of thiazole rings is 1. The fourth-order valence-electron chi connectivity index (χ4n) is 2.96. The van der Waals surface area contributed by atoms with Crippen molar-refractivity contribution in [2.24, 2.45) is 0 Å². The molecule has 0 aliphatic heterocycles. The summed E-state index contributed by atoms with van der Waals surface area (Å²) < 4.78 is 1.16. The number of benzene rings is 2. The molecule has 0 unspecified atom stereocenters. The highest BCUT2D eigenvalue weighted by Crippen LogP contribution is 2.32. The van der Waals surface area contributed by atoms with E-state index in [1.165, 1.54) is 11.3 Å². The average Bonchev–Trinajstić information content (AvgIpc) is 3.14. The molecule has 0 aliphatic rings. The van der Waals surface area contributed by atoms with Crippen LogP contribution < -0.4 is 10.9 Å². The third-order valence-corrected chi connectivity index (χ3v) is 5.61. The molecule has 0 spiro atoms. The molecular weight excluding hydrogens is 431 g/mol. The van der Waals surface area contributed by atoms with Crippen molar-refractivity contribution in [2.45, 2.75) is 13.5 Å². The maximum Gasteiger partial charge on any atom is 0.275 e. The summed E-state index contributed by atoms with van der Waals surface area (Å²) in [5.41, 5.74) is 1.72. The van der Waals surface area contributed by atoms with Crippen LogP contribution in [0.3, 0.4) is 0 Å². The molecule has 0 atom stereocenters. The summed E-state index contributed by atoms with van der Waals surface area (Å²) in [4.78, 5) is 29.4. The topological polar surface area (TPSA) is 76.9 Å². The van der Waals surface area contributed by atoms with Crippen molar-refractivity contribution in [1.29, 1.82) is 0 Å². The molecule has 2 heterocycles. The maximum absolute atomic E-state index is 12.6. The van der Waals surface area contributed by atoms with Crippen molar-refractivity contribution < 1.29 is 4.79 Å². The number of rotatable bonds is 4. The standard InChI is InChI=1S/C20H14Cl2N4O2S/c1-11-13-4-2-3-5-14(13)19(28)26(25-11)9-18(27)24-20-23-17(10-29-20)15-7-6-12(21)8-16(15)22/h2-8,10H,9H2,1H3,(H,23,24,27). The molecule has 9 heteroatoms. The van der Waals surface area contributed by atoms with Crippen molar-refractivity contribution in [2.75, 3.05) is 5.32 Å². The van der Waals surface area contributed by atoms with Gasteiger partial charge >= 0.3 is 0 Å². The van der Waals surface area contributed by atoms with E-state index in [0.29, 0.717) is 32.0 Å². The Labute approximate surface area is 179 Å². The van der Waals surface area contributed by atoms with E-state index < -0.39 is 5.91 Å². The Balaban J connectivity index is 1.54. The number of carbonyl (C=O) groups is 1. The summed E-state index contributed by atoms with van der Waals surface area (Å²) in [5.74, 6) is -0.391. The predicted octanol–water partition coefficient (Wildman–Crippen LogP) is 4.77. The van der Waals surface area contributed by atoms with Crippen LogP contribution in [-0.2, 0) is 11.3 Å². The van der Waals surface area contributed by atoms with Crippen LogP contribution in [0.15, 0.2) is 52.6 Å². The van der Waals surface area contributed by atoms with Gasteiger partial charge in [-0.1, -0.05) is 41.4 Å². The van der Waals surface area contributed by atoms with E-state index in [1.807, 2.05) is 12.1 Å². The molecule has 4 rings (SSSR count). The van der Waals surface area contributed by atoms with Crippen LogP contribution in [0, 0.1) is 6.92 Å². The minimum atomic E-state index is -0.391. The molecular formula is C20H14Cl2N4O2S. The van der Waals surface area contributed by atoms with E-state index >= 15 is 0 Å². The zero-order valence-electron chi connectivity index (χ0n) is 15.1. The van der Waals surface area contributed by atoms with Gasteiger partial charge in [0.2, 0.25) is 5.91 Å². The first-order valence-electron chi connectivity index (χ1n) is 8.59. The van der Waals surface area contributed by atoms with Crippen molar-refractivity contribution in [3.05, 3.63) is 73.9 Å². The van der Waals surface area contributed by atoms with Gasteiger partial charge in [0, 0.05) is 21.4 Å². The number of fused-ring (bicyclic) bond motifs is 1. The highest BCUT2D eigenvalue weighted by atomic mass is 35.5. The smallest absolute Gasteiger partial charge is 0.275 e. The Morgan fingerprint density at radius 1 is 1.17 bits per heavy atom. The fraction of sp³-hybridized carbons (Fsp3) is 0.100. The summed E-state index contributed by atoms with van der Waals surface area (Å²) in [5, 5.41) is 11.5. The van der Waals surface area contributed by atoms with Crippen molar-refractivity contribution in [1.82, 2.24) is 14.8 Å². The molecule has 4 aromatic rings. The summed E-state index contributed by atoms with van der Waals surface area (Å²) in [6.45, 7) is 1.60. The molecule has 6 nitrogen and oxygen atoms in total. The second-order valence-corrected chi connectivity index (χ2v) is 8.01. The molecule has 146 valence electrons. The highest BCUT2D eigenvalue weighted by Gasteiger charge is 2.14. The molecule has 0 saturated heterocycles. The number of nitrogens with zero attached hydrogens (tertiary/aromatic N) is 3. The molecule has 0 saturated carbocycles. The Hall–Kier alpha value is -2.74. The monoisotopic (exact) mass is 444 g/mol. The molecule has 0 fully saturated rings. The van der Waals surface area contributed by atoms with Crippen LogP contribution in [-0.4, -0.2) is 20.7 Å². The van der Waals surface area contributed by atoms with Gasteiger partial charge in [-0.25, -0.2) is 9.67 Å². The lowest BCUT2D eigenvalue weighted by atomic mass is 10.1. The predicted molar refractivity (Wildman–Crippen MR) is 117 cm³/mol. The van der Waals surface area contributed by atoms with Crippen LogP contribution in [0.25, 0.3) is 22.0 Å². The molecule has 1 N–H and O–H groups in total. The van der Waals surface area contributed by atoms with Gasteiger partial charge in [0.05, 0.1) is 21.8 Å². The van der Waals surface area contributed by atoms with Crippen LogP contribution >= 0.6 is 34.5 Å². The molecule has 2 aromatic carbocycles. The van der Waals surface area contributed by atoms with Crippen molar-refractivity contribution in [3.63, 3.8) is 0 Å². The Morgan fingerprint density at radius 2 is 1.93 bits per heavy atom. The first-order valence-corrected chi connectivity index (χ1v) is 10.2. The number of hydrogen-bond acceptors (Lipinski definition) is 5. The minimum Gasteiger partial charge on any atom is -0.300 e. The second-order valence-electron chi connectivity index (χ2n) is 6.30. The van der Waals surface area contributed by atoms with Crippen LogP contribution in [0.2, 0.25) is 10.0 Å². The van der Waals surface area contributed by atoms with Gasteiger partial charge in [-0.2, -0.15) is 5.10 Å². The second kappa shape index (κ2) is 7.94. The zero-order valence-corrected chi connectivity index (χ0v) is 17.5. The van der Waals surface area contributed by atoms with Crippen LogP contribution in [0.1, 0.15) is 5.69 Å². The number of anilines is 1. The average molecular weight is 445 g/mol. The lowest BCUT2D eigenvalue weighted by Crippen LogP contribution is -2.30. The number of aryl methyl sites for hydroxylation is 1. The Kier molecular flexibility index (Phi) is 5.36. The zero-order chi connectivity index (χ0) is 20.5. The van der Waals surface area contributed by atoms with E-state index in [9.17, 15) is 9.59 Å². The number of nitrogens with one attached hydrogen (secondary N) is 1. The maximum atomic E-state index is 12.6. The summed E-state index contributed by atoms with van der Waals surface area (Å²) in [6, 6.07) is 12.3. The van der Waals surface area contributed by atoms with Gasteiger partial charge < -0.3 is 5.32 Å². The number of carbonyl (C=O) groups excluding carboxylic acids is 1. The first kappa shape index (κ1) is 19.6. The van der Waals surface area contributed by atoms with Gasteiger partial charge in [0.1, 0.15) is 6.54 Å². The van der Waals surface area contributed by atoms with E-state index in [4.69, 9.17) is 23.2 Å². The number of amides is 1. The van der Waals surface area contributed by atoms with Crippen LogP contribution in [0.4, 0.5) is 5.13 Å². The third-order valence-electron chi connectivity index (χ3n) is 4.30. The van der Waals surface area contributed by atoms with Gasteiger partial charge in [0.15, 0.2) is 5.13 Å². The minimum absolute atomic E-state index is 0.207. The quantitative estimate of drug-likeness (QED) is 0.491. The lowest BCUT2D eigenvalue weighted by Gasteiger charge is -2.08. The van der Waals surface area contributed by atoms with E-state index in [-0.39, 0.29) is 12.1 Å². The van der Waals surface area contributed by atoms with Crippen molar-refractivity contribution >= 4 is 56.3 Å².